The molecule has 256 valence electrons. The molecule has 0 saturated carbocycles. The average molecular weight is 764 g/mol. The molecule has 17 heteroatoms. The fraction of sp³-hybridized carbons (Fsp3) is 0.250. The summed E-state index contributed by atoms with van der Waals surface area (Å²) in [6.45, 7) is -0.135. The molecule has 49 heavy (non-hydrogen) atoms. The summed E-state index contributed by atoms with van der Waals surface area (Å²) in [5, 5.41) is 36.7. The highest BCUT2D eigenvalue weighted by atomic mass is 35.5. The molecule has 4 N–H and O–H groups in total. The Morgan fingerprint density at radius 1 is 1.04 bits per heavy atom. The van der Waals surface area contributed by atoms with Gasteiger partial charge in [-0.05, 0) is 41.5 Å². The molecule has 3 amide bonds. The van der Waals surface area contributed by atoms with Crippen molar-refractivity contribution in [2.75, 3.05) is 17.3 Å². The molecule has 1 aromatic heterocycles. The number of aromatic nitrogens is 1. The summed E-state index contributed by atoms with van der Waals surface area (Å²) >= 11 is 16.0. The van der Waals surface area contributed by atoms with Crippen LogP contribution in [0.25, 0.3) is 0 Å². The third-order valence-electron chi connectivity index (χ3n) is 7.42. The molecule has 12 nitrogen and oxygen atoms in total. The van der Waals surface area contributed by atoms with Crippen molar-refractivity contribution >= 4 is 88.1 Å². The van der Waals surface area contributed by atoms with E-state index in [0.29, 0.717) is 31.8 Å². The van der Waals surface area contributed by atoms with Crippen LogP contribution >= 0.6 is 58.5 Å². The van der Waals surface area contributed by atoms with Gasteiger partial charge in [0.15, 0.2) is 12.4 Å². The van der Waals surface area contributed by atoms with Gasteiger partial charge in [0.1, 0.15) is 23.2 Å². The van der Waals surface area contributed by atoms with Crippen molar-refractivity contribution in [3.8, 4) is 5.75 Å². The molecule has 0 aliphatic carbocycles. The van der Waals surface area contributed by atoms with Crippen molar-refractivity contribution in [3.63, 3.8) is 0 Å². The van der Waals surface area contributed by atoms with Crippen LogP contribution in [-0.4, -0.2) is 79.5 Å². The molecular weight excluding hydrogens is 735 g/mol. The molecule has 2 aliphatic heterocycles. The van der Waals surface area contributed by atoms with Crippen LogP contribution in [0.4, 0.5) is 0 Å². The van der Waals surface area contributed by atoms with Gasteiger partial charge in [0.05, 0.1) is 22.4 Å². The van der Waals surface area contributed by atoms with Crippen LogP contribution in [0.1, 0.15) is 5.56 Å². The predicted octanol–water partition coefficient (Wildman–Crippen LogP) is 2.09. The molecule has 0 bridgehead atoms. The number of thioether (sulfide) groups is 3. The van der Waals surface area contributed by atoms with Gasteiger partial charge in [-0.15, -0.1) is 35.3 Å². The summed E-state index contributed by atoms with van der Waals surface area (Å²) < 4.78 is 1.57. The summed E-state index contributed by atoms with van der Waals surface area (Å²) in [6.07, 6.45) is 3.33. The lowest BCUT2D eigenvalue weighted by atomic mass is 10.0. The van der Waals surface area contributed by atoms with E-state index in [0.717, 1.165) is 9.80 Å². The molecule has 0 spiro atoms. The third kappa shape index (κ3) is 9.22. The Morgan fingerprint density at radius 3 is 2.43 bits per heavy atom. The topological polar surface area (TPSA) is 180 Å². The molecular formula is C32H28Cl2N4O8S3. The smallest absolute Gasteiger partial charge is 0.326 e. The van der Waals surface area contributed by atoms with Crippen molar-refractivity contribution in [1.29, 1.82) is 0 Å². The number of aromatic hydroxyl groups is 1. The third-order valence-corrected chi connectivity index (χ3v) is 11.6. The number of phenols is 1. The second-order valence-corrected chi connectivity index (χ2v) is 14.9. The number of amides is 3. The number of carbonyl (C=O) groups is 5. The van der Waals surface area contributed by atoms with Crippen molar-refractivity contribution < 1.29 is 43.9 Å². The Balaban J connectivity index is 1.13. The Labute approximate surface area is 303 Å². The summed E-state index contributed by atoms with van der Waals surface area (Å²) in [4.78, 5) is 64.7. The first-order valence-electron chi connectivity index (χ1n) is 14.6. The van der Waals surface area contributed by atoms with Crippen LogP contribution < -0.4 is 20.3 Å². The van der Waals surface area contributed by atoms with Gasteiger partial charge >= 0.3 is 5.97 Å². The van der Waals surface area contributed by atoms with Gasteiger partial charge in [-0.25, -0.2) is 4.79 Å². The Hall–Kier alpha value is -3.89. The fourth-order valence-corrected chi connectivity index (χ4v) is 8.69. The van der Waals surface area contributed by atoms with Crippen LogP contribution in [-0.2, 0) is 36.9 Å². The second-order valence-electron chi connectivity index (χ2n) is 10.9. The maximum absolute atomic E-state index is 13.0. The first kappa shape index (κ1) is 36.4. The predicted molar refractivity (Wildman–Crippen MR) is 183 cm³/mol. The summed E-state index contributed by atoms with van der Waals surface area (Å²) in [5.74, 6) is -3.52. The van der Waals surface area contributed by atoms with E-state index >= 15 is 0 Å². The van der Waals surface area contributed by atoms with Crippen LogP contribution in [0.2, 0.25) is 10.0 Å². The Bertz CT molecular complexity index is 1810. The minimum absolute atomic E-state index is 0.0160. The molecule has 2 aromatic carbocycles. The Kier molecular flexibility index (Phi) is 12.0. The molecule has 3 heterocycles. The SMILES string of the molecule is O=C(C[n+]1ccc(SCC2=C(C(=O)[O-])N3C(=O)[C@@H](NC(=O)CSc4cc(Cl)ccc4Cl)[C@H]3SC2)cc1)NC(Cc1ccc(O)cc1)C(=O)O. The zero-order valence-corrected chi connectivity index (χ0v) is 29.3. The molecule has 5 rings (SSSR count). The van der Waals surface area contributed by atoms with Gasteiger partial charge in [0.25, 0.3) is 11.8 Å². The number of halogens is 2. The van der Waals surface area contributed by atoms with Crippen LogP contribution in [0.15, 0.2) is 88.1 Å². The number of carboxylic acids is 2. The van der Waals surface area contributed by atoms with E-state index in [1.807, 2.05) is 0 Å². The summed E-state index contributed by atoms with van der Waals surface area (Å²) in [6, 6.07) is 12.4. The number of nitrogens with zero attached hydrogens (tertiary/aromatic N) is 2. The highest BCUT2D eigenvalue weighted by molar-refractivity contribution is 8.01. The van der Waals surface area contributed by atoms with E-state index in [2.05, 4.69) is 10.6 Å². The number of β-lactam (4-membered cyclic amide) rings is 1. The number of benzene rings is 2. The molecule has 2 aliphatic rings. The average Bonchev–Trinajstić information content (AvgIpc) is 3.07. The van der Waals surface area contributed by atoms with Gasteiger partial charge in [0, 0.05) is 44.9 Å². The fourth-order valence-electron chi connectivity index (χ4n) is 5.02. The van der Waals surface area contributed by atoms with E-state index in [1.54, 1.807) is 59.4 Å². The largest absolute Gasteiger partial charge is 0.543 e. The molecule has 3 aromatic rings. The first-order chi connectivity index (χ1) is 23.4. The van der Waals surface area contributed by atoms with Gasteiger partial charge in [-0.2, -0.15) is 4.57 Å². The molecule has 1 unspecified atom stereocenters. The Morgan fingerprint density at radius 2 is 1.76 bits per heavy atom. The lowest BCUT2D eigenvalue weighted by Crippen LogP contribution is -2.71. The summed E-state index contributed by atoms with van der Waals surface area (Å²) in [7, 11) is 0. The molecule has 3 atom stereocenters. The molecule has 1 fully saturated rings. The minimum atomic E-state index is -1.48. The van der Waals surface area contributed by atoms with Gasteiger partial charge in [-0.3, -0.25) is 19.3 Å². The summed E-state index contributed by atoms with van der Waals surface area (Å²) in [5.41, 5.74) is 0.939. The number of hydrogen-bond acceptors (Lipinski definition) is 10. The minimum Gasteiger partial charge on any atom is -0.543 e. The lowest BCUT2D eigenvalue weighted by molar-refractivity contribution is -0.684. The quantitative estimate of drug-likeness (QED) is 0.107. The van der Waals surface area contributed by atoms with Gasteiger partial charge in [-0.1, -0.05) is 35.3 Å². The molecule has 1 saturated heterocycles. The van der Waals surface area contributed by atoms with Crippen LogP contribution in [0.3, 0.4) is 0 Å². The lowest BCUT2D eigenvalue weighted by Gasteiger charge is -2.50. The van der Waals surface area contributed by atoms with Crippen LogP contribution in [0, 0.1) is 0 Å². The maximum Gasteiger partial charge on any atom is 0.326 e. The number of nitrogens with one attached hydrogen (secondary N) is 2. The second kappa shape index (κ2) is 16.2. The van der Waals surface area contributed by atoms with Crippen molar-refractivity contribution in [1.82, 2.24) is 15.5 Å². The van der Waals surface area contributed by atoms with E-state index in [-0.39, 0.29) is 35.9 Å². The normalized spacial score (nSPS) is 17.5. The number of phenolic OH excluding ortho intramolecular Hbond substituents is 1. The number of carbonyl (C=O) groups excluding carboxylic acids is 4. The number of aliphatic carboxylic acids is 2. The number of pyridine rings is 1. The van der Waals surface area contributed by atoms with E-state index in [4.69, 9.17) is 23.2 Å². The number of fused-ring (bicyclic) bond motifs is 1. The van der Waals surface area contributed by atoms with Crippen molar-refractivity contribution in [2.45, 2.75) is 40.2 Å². The highest BCUT2D eigenvalue weighted by Gasteiger charge is 2.52. The first-order valence-corrected chi connectivity index (χ1v) is 18.3. The zero-order valence-electron chi connectivity index (χ0n) is 25.3. The number of hydrogen-bond donors (Lipinski definition) is 4. The van der Waals surface area contributed by atoms with Crippen molar-refractivity contribution in [2.24, 2.45) is 0 Å². The standard InChI is InChI=1S/C32H28Cl2N4O8S3/c33-19-3-6-22(34)24(12-19)48-16-26(41)36-27-29(42)38-28(32(45)46)18(15-49-30(27)38)14-47-21-7-9-37(10-8-21)13-25(40)35-23(31(43)44)11-17-1-4-20(39)5-2-17/h1-10,12,23,27,30H,11,13-16H2,(H4-,35,36,39,40,41,43,44,45,46)/t23?,27-,30-/m1/s1. The number of rotatable bonds is 14. The van der Waals surface area contributed by atoms with E-state index in [1.165, 1.54) is 47.4 Å². The van der Waals surface area contributed by atoms with Crippen molar-refractivity contribution in [3.05, 3.63) is 93.9 Å². The van der Waals surface area contributed by atoms with E-state index < -0.39 is 47.1 Å². The molecule has 0 radical (unpaired) electrons. The van der Waals surface area contributed by atoms with Gasteiger partial charge < -0.3 is 30.7 Å². The van der Waals surface area contributed by atoms with E-state index in [9.17, 15) is 39.3 Å². The van der Waals surface area contributed by atoms with Gasteiger partial charge in [0.2, 0.25) is 12.5 Å². The monoisotopic (exact) mass is 762 g/mol. The highest BCUT2D eigenvalue weighted by Crippen LogP contribution is 2.41. The maximum atomic E-state index is 13.0. The number of carboxylic acid groups (broad SMARTS) is 2. The van der Waals surface area contributed by atoms with Crippen LogP contribution in [0.5, 0.6) is 5.75 Å². The zero-order chi connectivity index (χ0) is 35.2.